The molecule has 3 aromatic heterocycles. The van der Waals surface area contributed by atoms with Crippen molar-refractivity contribution in [2.75, 3.05) is 5.32 Å². The summed E-state index contributed by atoms with van der Waals surface area (Å²) in [6.07, 6.45) is 2.76. The summed E-state index contributed by atoms with van der Waals surface area (Å²) in [7, 11) is 0. The molecule has 11 nitrogen and oxygen atoms in total. The van der Waals surface area contributed by atoms with Gasteiger partial charge >= 0.3 is 6.18 Å². The van der Waals surface area contributed by atoms with Crippen LogP contribution in [0, 0.1) is 23.7 Å². The molecule has 0 radical (unpaired) electrons. The number of halogens is 4. The average Bonchev–Trinajstić information content (AvgIpc) is 3.81. The van der Waals surface area contributed by atoms with Gasteiger partial charge in [0.1, 0.15) is 36.3 Å². The van der Waals surface area contributed by atoms with Crippen LogP contribution in [0.4, 0.5) is 23.2 Å². The highest BCUT2D eigenvalue weighted by Crippen LogP contribution is 2.51. The molecule has 222 valence electrons. The third-order valence-corrected chi connectivity index (χ3v) is 7.54. The van der Waals surface area contributed by atoms with Gasteiger partial charge < -0.3 is 15.2 Å². The van der Waals surface area contributed by atoms with Crippen molar-refractivity contribution >= 4 is 17.5 Å². The second-order valence-electron chi connectivity index (χ2n) is 11.0. The summed E-state index contributed by atoms with van der Waals surface area (Å²) in [5.74, 6) is -2.49. The first-order valence-corrected chi connectivity index (χ1v) is 13.8. The molecular formula is C26H33F4N9O2. The van der Waals surface area contributed by atoms with Crippen LogP contribution >= 0.6 is 0 Å². The number of nitrogens with one attached hydrogen (secondary N) is 2. The minimum atomic E-state index is -4.52. The van der Waals surface area contributed by atoms with Crippen LogP contribution < -0.4 is 10.6 Å². The number of hydrogen-bond acceptors (Lipinski definition) is 6. The largest absolute Gasteiger partial charge is 0.406 e. The van der Waals surface area contributed by atoms with E-state index in [-0.39, 0.29) is 47.4 Å². The fourth-order valence-electron chi connectivity index (χ4n) is 5.41. The van der Waals surface area contributed by atoms with Crippen LogP contribution in [0.3, 0.4) is 0 Å². The van der Waals surface area contributed by atoms with E-state index in [1.54, 1.807) is 6.92 Å². The Balaban J connectivity index is 1.42. The third kappa shape index (κ3) is 6.43. The van der Waals surface area contributed by atoms with Crippen LogP contribution in [0.15, 0.2) is 24.8 Å². The number of alkyl halides is 3. The minimum Gasteiger partial charge on any atom is -0.339 e. The van der Waals surface area contributed by atoms with Crippen molar-refractivity contribution in [1.82, 2.24) is 39.6 Å². The molecule has 3 heterocycles. The zero-order valence-corrected chi connectivity index (χ0v) is 22.9. The summed E-state index contributed by atoms with van der Waals surface area (Å²) in [6, 6.07) is -0.765. The first kappa shape index (κ1) is 27.4. The van der Waals surface area contributed by atoms with E-state index in [0.29, 0.717) is 5.31 Å². The Morgan fingerprint density at radius 1 is 1.20 bits per heavy atom. The van der Waals surface area contributed by atoms with E-state index in [1.165, 1.54) is 23.1 Å². The Bertz CT molecular complexity index is 1410. The van der Waals surface area contributed by atoms with E-state index in [9.17, 15) is 22.8 Å². The van der Waals surface area contributed by atoms with Gasteiger partial charge in [0.2, 0.25) is 5.91 Å². The van der Waals surface area contributed by atoms with E-state index in [0.717, 1.165) is 41.3 Å². The highest BCUT2D eigenvalue weighted by Gasteiger charge is 2.48. The molecule has 0 spiro atoms. The fourth-order valence-corrected chi connectivity index (χ4v) is 5.41. The topological polar surface area (TPSA) is 125 Å². The molecule has 0 aliphatic heterocycles. The van der Waals surface area contributed by atoms with Gasteiger partial charge in [-0.15, -0.1) is 15.3 Å². The lowest BCUT2D eigenvalue weighted by Gasteiger charge is -2.27. The highest BCUT2D eigenvalue weighted by molar-refractivity contribution is 6.00. The number of amides is 2. The van der Waals surface area contributed by atoms with Crippen LogP contribution in [0.5, 0.6) is 0 Å². The van der Waals surface area contributed by atoms with Crippen molar-refractivity contribution in [3.05, 3.63) is 42.3 Å². The van der Waals surface area contributed by atoms with Crippen molar-refractivity contribution < 1.29 is 28.6 Å². The van der Waals surface area contributed by atoms with E-state index in [1.807, 2.05) is 13.8 Å². The fraction of sp³-hybridized carbons (Fsp3) is 0.615. The molecule has 41 heavy (non-hydrogen) atoms. The molecule has 2 fully saturated rings. The molecule has 2 N–H and O–H groups in total. The van der Waals surface area contributed by atoms with Crippen molar-refractivity contribution in [2.45, 2.75) is 83.7 Å². The Hall–Kier alpha value is -3.78. The number of carbonyl (C=O) groups excluding carboxylic acids is 2. The SMILES string of the molecule is [2H]N(C(=O)c1ccnn1C(C)C)[C@H](C(=O)Nc1cn([C@H](CC)c2nncn2CC(F)(F)F)nc1F)C(C1CC1)C1CC1. The van der Waals surface area contributed by atoms with Crippen molar-refractivity contribution in [1.29, 1.82) is 0 Å². The molecule has 3 aromatic rings. The number of carbonyl (C=O) groups is 2. The highest BCUT2D eigenvalue weighted by atomic mass is 19.4. The maximum absolute atomic E-state index is 15.1. The Morgan fingerprint density at radius 3 is 2.46 bits per heavy atom. The van der Waals surface area contributed by atoms with Crippen LogP contribution in [0.1, 0.15) is 81.3 Å². The van der Waals surface area contributed by atoms with Crippen LogP contribution in [0.2, 0.25) is 1.41 Å². The summed E-state index contributed by atoms with van der Waals surface area (Å²) in [5.41, 5.74) is -0.153. The van der Waals surface area contributed by atoms with Crippen molar-refractivity contribution in [3.8, 4) is 0 Å². The molecule has 0 unspecified atom stereocenters. The van der Waals surface area contributed by atoms with Gasteiger partial charge in [-0.2, -0.15) is 22.7 Å². The van der Waals surface area contributed by atoms with Gasteiger partial charge in [0.25, 0.3) is 11.9 Å². The normalized spacial score (nSPS) is 17.5. The molecule has 2 aliphatic rings. The van der Waals surface area contributed by atoms with Crippen LogP contribution in [-0.4, -0.2) is 58.4 Å². The zero-order chi connectivity index (χ0) is 30.3. The molecule has 2 atom stereocenters. The summed E-state index contributed by atoms with van der Waals surface area (Å²) in [5, 5.41) is 18.6. The van der Waals surface area contributed by atoms with Crippen LogP contribution in [-0.2, 0) is 11.3 Å². The number of hydrogen-bond donors (Lipinski definition) is 2. The minimum absolute atomic E-state index is 0.0692. The van der Waals surface area contributed by atoms with E-state index < -0.39 is 42.6 Å². The number of aromatic nitrogens is 7. The summed E-state index contributed by atoms with van der Waals surface area (Å²) in [4.78, 5) is 27.3. The van der Waals surface area contributed by atoms with Gasteiger partial charge in [0.05, 0.1) is 6.20 Å². The molecule has 0 saturated heterocycles. The van der Waals surface area contributed by atoms with Crippen molar-refractivity contribution in [3.63, 3.8) is 0 Å². The standard InChI is InChI=1S/C26H33F4N9O2/c1-4-18(23-35-31-13-37(23)12-26(28,29)30)38-11-17(22(27)36-38)33-25(41)21(20(15-5-6-15)16-7-8-16)34-24(40)19-9-10-32-39(19)14(2)3/h9-11,13-16,18,20-21H,4-8,12H2,1-3H3,(H,33,41)(H,34,40)/t18-,21+/m1/s1/i/hD. The quantitative estimate of drug-likeness (QED) is 0.311. The Morgan fingerprint density at radius 2 is 1.88 bits per heavy atom. The van der Waals surface area contributed by atoms with Crippen LogP contribution in [0.25, 0.3) is 0 Å². The maximum atomic E-state index is 15.1. The molecule has 2 aliphatic carbocycles. The molecule has 2 saturated carbocycles. The smallest absolute Gasteiger partial charge is 0.339 e. The monoisotopic (exact) mass is 580 g/mol. The van der Waals surface area contributed by atoms with E-state index in [4.69, 9.17) is 1.41 Å². The summed E-state index contributed by atoms with van der Waals surface area (Å²) < 4.78 is 66.5. The first-order chi connectivity index (χ1) is 19.9. The number of anilines is 1. The lowest BCUT2D eigenvalue weighted by Crippen LogP contribution is -2.50. The molecule has 5 rings (SSSR count). The molecule has 0 bridgehead atoms. The number of rotatable bonds is 12. The summed E-state index contributed by atoms with van der Waals surface area (Å²) >= 11 is 0. The lowest BCUT2D eigenvalue weighted by atomic mass is 9.88. The first-order valence-electron chi connectivity index (χ1n) is 14.2. The molecule has 2 amide bonds. The predicted octanol–water partition coefficient (Wildman–Crippen LogP) is 4.13. The second kappa shape index (κ2) is 11.2. The van der Waals surface area contributed by atoms with E-state index >= 15 is 4.39 Å². The van der Waals surface area contributed by atoms with Gasteiger partial charge in [0.15, 0.2) is 7.24 Å². The molecule has 15 heteroatoms. The second-order valence-corrected chi connectivity index (χ2v) is 11.0. The zero-order valence-electron chi connectivity index (χ0n) is 23.9. The number of nitrogens with zero attached hydrogens (tertiary/aromatic N) is 7. The van der Waals surface area contributed by atoms with Gasteiger partial charge in [0, 0.05) is 12.2 Å². The van der Waals surface area contributed by atoms with Gasteiger partial charge in [-0.25, -0.2) is 0 Å². The predicted molar refractivity (Wildman–Crippen MR) is 138 cm³/mol. The average molecular weight is 581 g/mol. The Kier molecular flexibility index (Phi) is 7.51. The van der Waals surface area contributed by atoms with E-state index in [2.05, 4.69) is 25.7 Å². The summed E-state index contributed by atoms with van der Waals surface area (Å²) in [6.45, 7) is 4.03. The maximum Gasteiger partial charge on any atom is 0.406 e. The van der Waals surface area contributed by atoms with Gasteiger partial charge in [-0.3, -0.25) is 19.0 Å². The molecule has 0 aromatic carbocycles. The third-order valence-electron chi connectivity index (χ3n) is 7.54. The molecular weight excluding hydrogens is 546 g/mol. The van der Waals surface area contributed by atoms with Gasteiger partial charge in [-0.05, 0) is 69.8 Å². The van der Waals surface area contributed by atoms with Gasteiger partial charge in [-0.1, -0.05) is 6.92 Å². The Labute approximate surface area is 235 Å². The van der Waals surface area contributed by atoms with Crippen molar-refractivity contribution in [2.24, 2.45) is 17.8 Å². The lowest BCUT2D eigenvalue weighted by molar-refractivity contribution is -0.141.